The zero-order valence-electron chi connectivity index (χ0n) is 11.0. The van der Waals surface area contributed by atoms with Crippen molar-refractivity contribution in [1.29, 1.82) is 0 Å². The molecule has 4 N–H and O–H groups in total. The van der Waals surface area contributed by atoms with E-state index in [1.807, 2.05) is 26.0 Å². The minimum Gasteiger partial charge on any atom is -0.395 e. The number of nitrogens with zero attached hydrogens (tertiary/aromatic N) is 1. The van der Waals surface area contributed by atoms with Crippen LogP contribution in [0.4, 0.5) is 11.4 Å². The Kier molecular flexibility index (Phi) is 3.61. The minimum atomic E-state index is -0.310. The summed E-state index contributed by atoms with van der Waals surface area (Å²) >= 11 is 3.42. The van der Waals surface area contributed by atoms with E-state index in [1.54, 1.807) is 6.92 Å². The predicted molar refractivity (Wildman–Crippen MR) is 79.3 cm³/mol. The molecular formula is C13H15BrN4O. The van der Waals surface area contributed by atoms with E-state index in [-0.39, 0.29) is 11.6 Å². The smallest absolute Gasteiger partial charge is 0.278 e. The molecule has 0 saturated heterocycles. The molecule has 19 heavy (non-hydrogen) atoms. The second-order valence-corrected chi connectivity index (χ2v) is 5.40. The van der Waals surface area contributed by atoms with Gasteiger partial charge in [-0.15, -0.1) is 0 Å². The SMILES string of the molecule is Cc1cc(Br)cc(C)c1NC(=O)c1n[nH]c(C)c1N. The zero-order chi connectivity index (χ0) is 14.2. The Hall–Kier alpha value is -1.82. The van der Waals surface area contributed by atoms with Gasteiger partial charge < -0.3 is 11.1 Å². The molecule has 0 atom stereocenters. The third-order valence-corrected chi connectivity index (χ3v) is 3.40. The Morgan fingerprint density at radius 3 is 2.37 bits per heavy atom. The van der Waals surface area contributed by atoms with Gasteiger partial charge in [0.1, 0.15) is 0 Å². The van der Waals surface area contributed by atoms with Gasteiger partial charge in [0.05, 0.1) is 11.4 Å². The first-order chi connectivity index (χ1) is 8.90. The van der Waals surface area contributed by atoms with Crippen LogP contribution in [-0.4, -0.2) is 16.1 Å². The standard InChI is InChI=1S/C13H15BrN4O/c1-6-4-9(14)5-7(2)11(6)16-13(19)12-10(15)8(3)17-18-12/h4-5H,15H2,1-3H3,(H,16,19)(H,17,18). The number of amides is 1. The fourth-order valence-electron chi connectivity index (χ4n) is 1.89. The number of carbonyl (C=O) groups is 1. The Morgan fingerprint density at radius 2 is 1.89 bits per heavy atom. The molecule has 0 aliphatic heterocycles. The lowest BCUT2D eigenvalue weighted by Crippen LogP contribution is -2.16. The number of anilines is 2. The molecule has 0 fully saturated rings. The predicted octanol–water partition coefficient (Wildman–Crippen LogP) is 2.93. The summed E-state index contributed by atoms with van der Waals surface area (Å²) in [6, 6.07) is 3.89. The number of nitrogens with two attached hydrogens (primary N) is 1. The topological polar surface area (TPSA) is 83.8 Å². The average Bonchev–Trinajstić information content (AvgIpc) is 2.64. The molecule has 2 aromatic rings. The number of halogens is 1. The maximum absolute atomic E-state index is 12.2. The lowest BCUT2D eigenvalue weighted by atomic mass is 10.1. The number of nitrogens with one attached hydrogen (secondary N) is 2. The van der Waals surface area contributed by atoms with E-state index in [0.717, 1.165) is 21.3 Å². The highest BCUT2D eigenvalue weighted by atomic mass is 79.9. The first-order valence-electron chi connectivity index (χ1n) is 5.78. The van der Waals surface area contributed by atoms with Crippen molar-refractivity contribution in [2.45, 2.75) is 20.8 Å². The summed E-state index contributed by atoms with van der Waals surface area (Å²) in [7, 11) is 0. The van der Waals surface area contributed by atoms with Crippen LogP contribution < -0.4 is 11.1 Å². The Balaban J connectivity index is 2.32. The van der Waals surface area contributed by atoms with Gasteiger partial charge in [-0.2, -0.15) is 5.10 Å². The number of rotatable bonds is 2. The highest BCUT2D eigenvalue weighted by Crippen LogP contribution is 2.26. The summed E-state index contributed by atoms with van der Waals surface area (Å²) in [4.78, 5) is 12.2. The van der Waals surface area contributed by atoms with Crippen LogP contribution >= 0.6 is 15.9 Å². The second kappa shape index (κ2) is 5.05. The molecule has 1 aromatic heterocycles. The van der Waals surface area contributed by atoms with Crippen LogP contribution in [0, 0.1) is 20.8 Å². The summed E-state index contributed by atoms with van der Waals surface area (Å²) in [5.74, 6) is -0.310. The van der Waals surface area contributed by atoms with Gasteiger partial charge in [0.15, 0.2) is 5.69 Å². The monoisotopic (exact) mass is 322 g/mol. The number of H-pyrrole nitrogens is 1. The third kappa shape index (κ3) is 2.63. The van der Waals surface area contributed by atoms with Crippen LogP contribution in [-0.2, 0) is 0 Å². The number of nitrogen functional groups attached to an aromatic ring is 1. The van der Waals surface area contributed by atoms with Crippen molar-refractivity contribution in [3.05, 3.63) is 39.1 Å². The van der Waals surface area contributed by atoms with Gasteiger partial charge in [-0.25, -0.2) is 0 Å². The summed E-state index contributed by atoms with van der Waals surface area (Å²) in [6.45, 7) is 5.65. The zero-order valence-corrected chi connectivity index (χ0v) is 12.6. The number of carbonyl (C=O) groups excluding carboxylic acids is 1. The largest absolute Gasteiger partial charge is 0.395 e. The minimum absolute atomic E-state index is 0.221. The van der Waals surface area contributed by atoms with Crippen LogP contribution in [0.5, 0.6) is 0 Å². The lowest BCUT2D eigenvalue weighted by molar-refractivity contribution is 0.102. The summed E-state index contributed by atoms with van der Waals surface area (Å²) in [5, 5.41) is 9.47. The van der Waals surface area contributed by atoms with E-state index in [0.29, 0.717) is 11.4 Å². The van der Waals surface area contributed by atoms with Crippen LogP contribution in [0.2, 0.25) is 0 Å². The van der Waals surface area contributed by atoms with Gasteiger partial charge >= 0.3 is 0 Å². The molecule has 0 radical (unpaired) electrons. The molecule has 0 bridgehead atoms. The second-order valence-electron chi connectivity index (χ2n) is 4.48. The maximum Gasteiger partial charge on any atom is 0.278 e. The molecule has 6 heteroatoms. The highest BCUT2D eigenvalue weighted by Gasteiger charge is 2.17. The van der Waals surface area contributed by atoms with Crippen molar-refractivity contribution in [3.8, 4) is 0 Å². The van der Waals surface area contributed by atoms with Gasteiger partial charge in [-0.1, -0.05) is 15.9 Å². The van der Waals surface area contributed by atoms with Crippen molar-refractivity contribution in [2.75, 3.05) is 11.1 Å². The molecule has 1 aromatic carbocycles. The van der Waals surface area contributed by atoms with E-state index >= 15 is 0 Å². The van der Waals surface area contributed by atoms with Gasteiger partial charge in [-0.05, 0) is 44.0 Å². The number of aromatic nitrogens is 2. The first-order valence-corrected chi connectivity index (χ1v) is 6.58. The van der Waals surface area contributed by atoms with Crippen LogP contribution in [0.3, 0.4) is 0 Å². The van der Waals surface area contributed by atoms with E-state index in [2.05, 4.69) is 31.4 Å². The average molecular weight is 323 g/mol. The van der Waals surface area contributed by atoms with Crippen LogP contribution in [0.1, 0.15) is 27.3 Å². The molecular weight excluding hydrogens is 308 g/mol. The Bertz CT molecular complexity index is 625. The van der Waals surface area contributed by atoms with Crippen molar-refractivity contribution in [3.63, 3.8) is 0 Å². The first kappa shape index (κ1) is 13.6. The van der Waals surface area contributed by atoms with Crippen molar-refractivity contribution >= 4 is 33.2 Å². The maximum atomic E-state index is 12.2. The normalized spacial score (nSPS) is 10.5. The van der Waals surface area contributed by atoms with Crippen LogP contribution in [0.25, 0.3) is 0 Å². The van der Waals surface area contributed by atoms with Crippen molar-refractivity contribution in [2.24, 2.45) is 0 Å². The van der Waals surface area contributed by atoms with Crippen molar-refractivity contribution in [1.82, 2.24) is 10.2 Å². The van der Waals surface area contributed by atoms with E-state index in [9.17, 15) is 4.79 Å². The number of hydrogen-bond acceptors (Lipinski definition) is 3. The van der Waals surface area contributed by atoms with Gasteiger partial charge in [0.2, 0.25) is 0 Å². The fraction of sp³-hybridized carbons (Fsp3) is 0.231. The quantitative estimate of drug-likeness (QED) is 0.794. The Labute approximate surface area is 119 Å². The molecule has 2 rings (SSSR count). The van der Waals surface area contributed by atoms with E-state index < -0.39 is 0 Å². The van der Waals surface area contributed by atoms with Gasteiger partial charge in [-0.3, -0.25) is 9.89 Å². The van der Waals surface area contributed by atoms with Crippen molar-refractivity contribution < 1.29 is 4.79 Å². The molecule has 100 valence electrons. The fourth-order valence-corrected chi connectivity index (χ4v) is 2.58. The molecule has 5 nitrogen and oxygen atoms in total. The van der Waals surface area contributed by atoms with Crippen LogP contribution in [0.15, 0.2) is 16.6 Å². The molecule has 1 amide bonds. The molecule has 1 heterocycles. The van der Waals surface area contributed by atoms with E-state index in [4.69, 9.17) is 5.73 Å². The summed E-state index contributed by atoms with van der Waals surface area (Å²) in [6.07, 6.45) is 0. The summed E-state index contributed by atoms with van der Waals surface area (Å²) in [5.41, 5.74) is 9.83. The number of aromatic amines is 1. The third-order valence-electron chi connectivity index (χ3n) is 2.95. The lowest BCUT2D eigenvalue weighted by Gasteiger charge is -2.11. The van der Waals surface area contributed by atoms with Gasteiger partial charge in [0, 0.05) is 10.2 Å². The molecule has 0 unspecified atom stereocenters. The van der Waals surface area contributed by atoms with E-state index in [1.165, 1.54) is 0 Å². The molecule has 0 spiro atoms. The number of hydrogen-bond donors (Lipinski definition) is 3. The highest BCUT2D eigenvalue weighted by molar-refractivity contribution is 9.10. The summed E-state index contributed by atoms with van der Waals surface area (Å²) < 4.78 is 0.982. The number of benzene rings is 1. The van der Waals surface area contributed by atoms with Gasteiger partial charge in [0.25, 0.3) is 5.91 Å². The Morgan fingerprint density at radius 1 is 1.32 bits per heavy atom. The molecule has 0 aliphatic rings. The number of aryl methyl sites for hydroxylation is 3. The molecule has 0 saturated carbocycles. The molecule has 0 aliphatic carbocycles.